The van der Waals surface area contributed by atoms with Crippen molar-refractivity contribution >= 4 is 28.4 Å². The Hall–Kier alpha value is -5.64. The summed E-state index contributed by atoms with van der Waals surface area (Å²) in [6, 6.07) is 19.5. The number of carbonyl (C=O) groups excluding carboxylic acids is 2. The number of piperazine rings is 1. The smallest absolute Gasteiger partial charge is 0.439 e. The second-order valence-corrected chi connectivity index (χ2v) is 12.0. The Kier molecular flexibility index (Phi) is 10.1. The van der Waals surface area contributed by atoms with Crippen molar-refractivity contribution in [2.45, 2.75) is 25.3 Å². The standard InChI is InChI=1S/C36H30F7N5O4/c1-46-29-19-28(51-31-13-9-26(20-44-31)45-32(49)23-4-7-25(8-5-23)35(39,40)41)12-6-24(29)18-30(46)33(50)48-16-14-47(15-17-48)21-22-2-10-27(11-3-22)52-36(42,43)34(37)38/h2-13,18-20,34H,14-17,21H2,1H3,(H,45,49). The number of nitrogens with one attached hydrogen (secondary N) is 1. The van der Waals surface area contributed by atoms with E-state index < -0.39 is 30.2 Å². The Morgan fingerprint density at radius 2 is 1.52 bits per heavy atom. The molecule has 0 spiro atoms. The van der Waals surface area contributed by atoms with Crippen LogP contribution >= 0.6 is 0 Å². The van der Waals surface area contributed by atoms with E-state index in [1.807, 2.05) is 6.07 Å². The Bertz CT molecular complexity index is 2040. The number of alkyl halides is 7. The van der Waals surface area contributed by atoms with E-state index in [1.165, 1.54) is 42.6 Å². The van der Waals surface area contributed by atoms with E-state index in [9.17, 15) is 40.3 Å². The van der Waals surface area contributed by atoms with Crippen LogP contribution in [0.5, 0.6) is 17.4 Å². The van der Waals surface area contributed by atoms with Crippen LogP contribution < -0.4 is 14.8 Å². The summed E-state index contributed by atoms with van der Waals surface area (Å²) in [7, 11) is 1.77. The number of nitrogens with zero attached hydrogens (tertiary/aromatic N) is 4. The van der Waals surface area contributed by atoms with Gasteiger partial charge in [-0.2, -0.15) is 30.7 Å². The number of benzene rings is 3. The zero-order valence-corrected chi connectivity index (χ0v) is 27.3. The zero-order chi connectivity index (χ0) is 37.2. The lowest BCUT2D eigenvalue weighted by molar-refractivity contribution is -0.253. The maximum Gasteiger partial charge on any atom is 0.461 e. The molecule has 0 saturated carbocycles. The summed E-state index contributed by atoms with van der Waals surface area (Å²) in [4.78, 5) is 34.0. The average molecular weight is 730 g/mol. The molecule has 16 heteroatoms. The number of hydrogen-bond donors (Lipinski definition) is 1. The molecule has 2 amide bonds. The van der Waals surface area contributed by atoms with Gasteiger partial charge >= 0.3 is 18.7 Å². The van der Waals surface area contributed by atoms with Crippen molar-refractivity contribution in [2.75, 3.05) is 31.5 Å². The van der Waals surface area contributed by atoms with Crippen LogP contribution in [0.1, 0.15) is 32.0 Å². The lowest BCUT2D eigenvalue weighted by Gasteiger charge is -2.34. The molecule has 2 aromatic heterocycles. The molecule has 52 heavy (non-hydrogen) atoms. The summed E-state index contributed by atoms with van der Waals surface area (Å²) in [6.45, 7) is 2.48. The van der Waals surface area contributed by atoms with Gasteiger partial charge in [-0.05, 0) is 66.2 Å². The molecule has 5 aromatic rings. The van der Waals surface area contributed by atoms with Crippen LogP contribution in [0.15, 0.2) is 91.1 Å². The van der Waals surface area contributed by atoms with Crippen LogP contribution in [0.25, 0.3) is 10.9 Å². The van der Waals surface area contributed by atoms with Crippen molar-refractivity contribution in [3.05, 3.63) is 114 Å². The number of pyridine rings is 1. The number of amides is 2. The highest BCUT2D eigenvalue weighted by molar-refractivity contribution is 6.04. The van der Waals surface area contributed by atoms with Crippen molar-refractivity contribution in [1.82, 2.24) is 19.4 Å². The molecule has 1 N–H and O–H groups in total. The highest BCUT2D eigenvalue weighted by Gasteiger charge is 2.44. The van der Waals surface area contributed by atoms with E-state index in [4.69, 9.17) is 4.74 Å². The minimum Gasteiger partial charge on any atom is -0.439 e. The molecule has 9 nitrogen and oxygen atoms in total. The van der Waals surface area contributed by atoms with Crippen molar-refractivity contribution in [3.63, 3.8) is 0 Å². The Morgan fingerprint density at radius 1 is 0.846 bits per heavy atom. The second-order valence-electron chi connectivity index (χ2n) is 12.0. The zero-order valence-electron chi connectivity index (χ0n) is 27.3. The first-order valence-corrected chi connectivity index (χ1v) is 15.8. The second kappa shape index (κ2) is 14.5. The topological polar surface area (TPSA) is 88.9 Å². The molecule has 0 unspecified atom stereocenters. The van der Waals surface area contributed by atoms with Crippen molar-refractivity contribution in [1.29, 1.82) is 0 Å². The Balaban J connectivity index is 1.02. The molecule has 0 aliphatic carbocycles. The molecular formula is C36H30F7N5O4. The quantitative estimate of drug-likeness (QED) is 0.148. The van der Waals surface area contributed by atoms with E-state index in [0.717, 1.165) is 40.7 Å². The molecule has 1 saturated heterocycles. The van der Waals surface area contributed by atoms with Gasteiger partial charge in [-0.15, -0.1) is 0 Å². The lowest BCUT2D eigenvalue weighted by atomic mass is 10.1. The van der Waals surface area contributed by atoms with Crippen LogP contribution in [-0.2, 0) is 19.8 Å². The number of aromatic nitrogens is 2. The molecule has 3 heterocycles. The van der Waals surface area contributed by atoms with Gasteiger partial charge in [-0.1, -0.05) is 12.1 Å². The van der Waals surface area contributed by atoms with Crippen molar-refractivity contribution in [3.8, 4) is 17.4 Å². The molecule has 272 valence electrons. The SMILES string of the molecule is Cn1c(C(=O)N2CCN(Cc3ccc(OC(F)(F)C(F)F)cc3)CC2)cc2ccc(Oc3ccc(NC(=O)c4ccc(C(F)(F)F)cc4)cn3)cc21. The maximum absolute atomic E-state index is 13.5. The highest BCUT2D eigenvalue weighted by atomic mass is 19.4. The number of anilines is 1. The van der Waals surface area contributed by atoms with E-state index in [2.05, 4.69) is 19.9 Å². The normalized spacial score (nSPS) is 14.1. The van der Waals surface area contributed by atoms with Gasteiger partial charge in [0.2, 0.25) is 5.88 Å². The summed E-state index contributed by atoms with van der Waals surface area (Å²) in [6.07, 6.45) is -11.7. The predicted molar refractivity (Wildman–Crippen MR) is 176 cm³/mol. The fourth-order valence-corrected chi connectivity index (χ4v) is 5.62. The molecule has 0 atom stereocenters. The number of hydrogen-bond acceptors (Lipinski definition) is 6. The molecule has 3 aromatic carbocycles. The third-order valence-corrected chi connectivity index (χ3v) is 8.42. The lowest BCUT2D eigenvalue weighted by Crippen LogP contribution is -2.48. The number of carbonyl (C=O) groups is 2. The number of ether oxygens (including phenoxy) is 2. The molecule has 1 fully saturated rings. The monoisotopic (exact) mass is 729 g/mol. The first-order valence-electron chi connectivity index (χ1n) is 15.8. The van der Waals surface area contributed by atoms with Crippen LogP contribution in [0, 0.1) is 0 Å². The Morgan fingerprint density at radius 3 is 2.13 bits per heavy atom. The van der Waals surface area contributed by atoms with E-state index in [-0.39, 0.29) is 23.1 Å². The van der Waals surface area contributed by atoms with Gasteiger partial charge in [0.1, 0.15) is 17.2 Å². The Labute approximate surface area is 292 Å². The minimum atomic E-state index is -4.58. The summed E-state index contributed by atoms with van der Waals surface area (Å²) in [5.74, 6) is -0.466. The van der Waals surface area contributed by atoms with Gasteiger partial charge < -0.3 is 24.3 Å². The molecule has 0 bridgehead atoms. The summed E-state index contributed by atoms with van der Waals surface area (Å²) in [5.41, 5.74) is 1.48. The maximum atomic E-state index is 13.5. The van der Waals surface area contributed by atoms with Crippen molar-refractivity contribution in [2.24, 2.45) is 7.05 Å². The van der Waals surface area contributed by atoms with Crippen LogP contribution in [-0.4, -0.2) is 69.9 Å². The van der Waals surface area contributed by atoms with Gasteiger partial charge in [-0.3, -0.25) is 14.5 Å². The fourth-order valence-electron chi connectivity index (χ4n) is 5.62. The molecular weight excluding hydrogens is 699 g/mol. The predicted octanol–water partition coefficient (Wildman–Crippen LogP) is 7.83. The minimum absolute atomic E-state index is 0.0480. The van der Waals surface area contributed by atoms with E-state index in [0.29, 0.717) is 49.9 Å². The third-order valence-electron chi connectivity index (χ3n) is 8.42. The fraction of sp³-hybridized carbons (Fsp3) is 0.250. The third kappa shape index (κ3) is 8.28. The molecule has 1 aliphatic rings. The van der Waals surface area contributed by atoms with Gasteiger partial charge in [0, 0.05) is 62.9 Å². The summed E-state index contributed by atoms with van der Waals surface area (Å²) >= 11 is 0. The first kappa shape index (κ1) is 36.2. The number of aryl methyl sites for hydroxylation is 1. The van der Waals surface area contributed by atoms with Gasteiger partial charge in [0.05, 0.1) is 23.0 Å². The van der Waals surface area contributed by atoms with Crippen molar-refractivity contribution < 1.29 is 49.8 Å². The largest absolute Gasteiger partial charge is 0.461 e. The first-order chi connectivity index (χ1) is 24.7. The average Bonchev–Trinajstić information content (AvgIpc) is 3.44. The highest BCUT2D eigenvalue weighted by Crippen LogP contribution is 2.31. The summed E-state index contributed by atoms with van der Waals surface area (Å²) in [5, 5.41) is 3.39. The van der Waals surface area contributed by atoms with Crippen LogP contribution in [0.3, 0.4) is 0 Å². The van der Waals surface area contributed by atoms with E-state index in [1.54, 1.807) is 34.7 Å². The van der Waals surface area contributed by atoms with Crippen LogP contribution in [0.4, 0.5) is 36.4 Å². The number of rotatable bonds is 10. The molecule has 0 radical (unpaired) electrons. The van der Waals surface area contributed by atoms with Gasteiger partial charge in [0.25, 0.3) is 11.8 Å². The van der Waals surface area contributed by atoms with Gasteiger partial charge in [-0.25, -0.2) is 4.98 Å². The number of fused-ring (bicyclic) bond motifs is 1. The molecule has 6 rings (SSSR count). The number of halogens is 7. The van der Waals surface area contributed by atoms with E-state index >= 15 is 0 Å². The molecule has 1 aliphatic heterocycles. The van der Waals surface area contributed by atoms with Crippen LogP contribution in [0.2, 0.25) is 0 Å². The van der Waals surface area contributed by atoms with Gasteiger partial charge in [0.15, 0.2) is 0 Å². The summed E-state index contributed by atoms with van der Waals surface area (Å²) < 4.78 is 101.